The number of carbonyl (C=O) groups excluding carboxylic acids is 1. The van der Waals surface area contributed by atoms with Gasteiger partial charge in [0.1, 0.15) is 22.2 Å². The van der Waals surface area contributed by atoms with Crippen molar-refractivity contribution < 1.29 is 17.4 Å². The predicted octanol–water partition coefficient (Wildman–Crippen LogP) is 4.89. The number of nitrogens with two attached hydrogens (primary N) is 2. The molecule has 0 radical (unpaired) electrons. The number of rotatable bonds is 8. The van der Waals surface area contributed by atoms with Crippen LogP contribution in [0.4, 0.5) is 0 Å². The Morgan fingerprint density at radius 2 is 1.63 bits per heavy atom. The van der Waals surface area contributed by atoms with Gasteiger partial charge in [-0.25, -0.2) is 0 Å². The van der Waals surface area contributed by atoms with Crippen molar-refractivity contribution in [1.82, 2.24) is 9.88 Å². The summed E-state index contributed by atoms with van der Waals surface area (Å²) in [5.74, 6) is -0.112. The third-order valence-electron chi connectivity index (χ3n) is 8.04. The van der Waals surface area contributed by atoms with Gasteiger partial charge in [-0.15, -0.1) is 0 Å². The fourth-order valence-electron chi connectivity index (χ4n) is 5.77. The number of hydrogen-bond donors (Lipinski definition) is 4. The third kappa shape index (κ3) is 5.97. The highest BCUT2D eigenvalue weighted by molar-refractivity contribution is 7.87. The zero-order chi connectivity index (χ0) is 30.1. The monoisotopic (exact) mass is 595 g/mol. The lowest BCUT2D eigenvalue weighted by molar-refractivity contribution is 0.0917. The summed E-state index contributed by atoms with van der Waals surface area (Å²) in [6.45, 7) is 0.242. The van der Waals surface area contributed by atoms with E-state index in [0.717, 1.165) is 52.9 Å². The molecule has 10 heteroatoms. The molecule has 5 aromatic rings. The summed E-state index contributed by atoms with van der Waals surface area (Å²) in [5.41, 5.74) is 14.4. The van der Waals surface area contributed by atoms with Crippen LogP contribution in [0.5, 0.6) is 5.75 Å². The minimum Gasteiger partial charge on any atom is -0.384 e. The van der Waals surface area contributed by atoms with Crippen molar-refractivity contribution in [2.24, 2.45) is 11.5 Å². The van der Waals surface area contributed by atoms with Gasteiger partial charge in [0.05, 0.1) is 0 Å². The van der Waals surface area contributed by atoms with Crippen molar-refractivity contribution >= 4 is 43.5 Å². The summed E-state index contributed by atoms with van der Waals surface area (Å²) in [4.78, 5) is 13.8. The number of carbonyl (C=O) groups is 1. The number of amides is 1. The minimum atomic E-state index is -4.07. The molecule has 9 nitrogen and oxygen atoms in total. The highest BCUT2D eigenvalue weighted by Gasteiger charge is 2.24. The number of fused-ring (bicyclic) bond motifs is 2. The Morgan fingerprint density at radius 3 is 2.37 bits per heavy atom. The number of aromatic nitrogens is 1. The highest BCUT2D eigenvalue weighted by atomic mass is 32.2. The molecule has 220 valence electrons. The van der Waals surface area contributed by atoms with E-state index in [1.54, 1.807) is 42.5 Å². The van der Waals surface area contributed by atoms with Gasteiger partial charge >= 0.3 is 10.1 Å². The summed E-state index contributed by atoms with van der Waals surface area (Å²) in [7, 11) is -4.07. The summed E-state index contributed by atoms with van der Waals surface area (Å²) in [6.07, 6.45) is 3.37. The van der Waals surface area contributed by atoms with Gasteiger partial charge in [-0.2, -0.15) is 8.42 Å². The standard InChI is InChI=1S/C33H33N5O4S/c34-25-12-14-26(15-13-25)37-33(39)31-18-22-10-11-23(32(35)36)19-30(22)38(31)20-24-17-27(16-21-6-4-5-9-29(21)24)42-43(40,41)28-7-2-1-3-8-28/h1-11,16-19,25-26H,12-15,20,34H2,(H3,35,36)(H,37,39)/t25-,26-. The first kappa shape index (κ1) is 28.4. The normalized spacial score (nSPS) is 17.1. The van der Waals surface area contributed by atoms with Crippen molar-refractivity contribution in [1.29, 1.82) is 5.41 Å². The minimum absolute atomic E-state index is 0.0345. The number of nitrogens with one attached hydrogen (secondary N) is 2. The fraction of sp³-hybridized carbons (Fsp3) is 0.212. The zero-order valence-electron chi connectivity index (χ0n) is 23.5. The summed E-state index contributed by atoms with van der Waals surface area (Å²) in [6, 6.07) is 26.5. The van der Waals surface area contributed by atoms with Gasteiger partial charge in [-0.1, -0.05) is 54.6 Å². The molecule has 6 N–H and O–H groups in total. The Bertz CT molecular complexity index is 1940. The second kappa shape index (κ2) is 11.5. The predicted molar refractivity (Wildman–Crippen MR) is 168 cm³/mol. The molecule has 0 unspecified atom stereocenters. The molecular formula is C33H33N5O4S. The van der Waals surface area contributed by atoms with Gasteiger partial charge in [0.25, 0.3) is 5.91 Å². The van der Waals surface area contributed by atoms with E-state index in [9.17, 15) is 13.2 Å². The number of amidine groups is 1. The van der Waals surface area contributed by atoms with Gasteiger partial charge in [0.15, 0.2) is 0 Å². The maximum atomic E-state index is 13.7. The smallest absolute Gasteiger partial charge is 0.339 e. The molecule has 1 aliphatic carbocycles. The van der Waals surface area contributed by atoms with E-state index in [1.807, 2.05) is 41.0 Å². The molecule has 1 aromatic heterocycles. The van der Waals surface area contributed by atoms with Crippen LogP contribution in [-0.4, -0.2) is 36.8 Å². The Hall–Kier alpha value is -4.67. The van der Waals surface area contributed by atoms with Crippen molar-refractivity contribution in [2.45, 2.75) is 49.2 Å². The number of nitrogen functional groups attached to an aromatic ring is 1. The molecule has 6 rings (SSSR count). The van der Waals surface area contributed by atoms with Crippen LogP contribution < -0.4 is 21.0 Å². The molecule has 4 aromatic carbocycles. The molecule has 1 fully saturated rings. The first-order valence-corrected chi connectivity index (χ1v) is 15.6. The first-order valence-electron chi connectivity index (χ1n) is 14.2. The highest BCUT2D eigenvalue weighted by Crippen LogP contribution is 2.31. The van der Waals surface area contributed by atoms with Gasteiger partial charge in [0, 0.05) is 35.1 Å². The quantitative estimate of drug-likeness (QED) is 0.114. The van der Waals surface area contributed by atoms with Crippen molar-refractivity contribution in [3.63, 3.8) is 0 Å². The van der Waals surface area contributed by atoms with Crippen LogP contribution in [0.25, 0.3) is 21.7 Å². The van der Waals surface area contributed by atoms with Gasteiger partial charge in [-0.3, -0.25) is 10.2 Å². The molecule has 0 spiro atoms. The molecule has 43 heavy (non-hydrogen) atoms. The fourth-order valence-corrected chi connectivity index (χ4v) is 6.71. The van der Waals surface area contributed by atoms with Crippen LogP contribution >= 0.6 is 0 Å². The van der Waals surface area contributed by atoms with E-state index in [0.29, 0.717) is 11.3 Å². The average Bonchev–Trinajstić information content (AvgIpc) is 3.36. The van der Waals surface area contributed by atoms with Crippen molar-refractivity contribution in [3.05, 3.63) is 108 Å². The topological polar surface area (TPSA) is 153 Å². The van der Waals surface area contributed by atoms with Crippen LogP contribution in [0.2, 0.25) is 0 Å². The lowest BCUT2D eigenvalue weighted by atomic mass is 9.92. The second-order valence-electron chi connectivity index (χ2n) is 11.0. The third-order valence-corrected chi connectivity index (χ3v) is 9.30. The molecule has 1 amide bonds. The Kier molecular flexibility index (Phi) is 7.64. The van der Waals surface area contributed by atoms with Crippen LogP contribution in [-0.2, 0) is 16.7 Å². The van der Waals surface area contributed by atoms with Crippen LogP contribution in [0.15, 0.2) is 95.9 Å². The maximum Gasteiger partial charge on any atom is 0.339 e. The SMILES string of the molecule is N=C(N)c1ccc2cc(C(=O)N[C@H]3CC[C@H](N)CC3)n(Cc3cc(OS(=O)(=O)c4ccccc4)cc4ccccc34)c2c1. The number of benzene rings is 4. The molecule has 1 heterocycles. The molecule has 1 saturated carbocycles. The van der Waals surface area contributed by atoms with Crippen molar-refractivity contribution in [3.8, 4) is 5.75 Å². The van der Waals surface area contributed by atoms with Gasteiger partial charge < -0.3 is 25.5 Å². The Morgan fingerprint density at radius 1 is 0.907 bits per heavy atom. The summed E-state index contributed by atoms with van der Waals surface area (Å²) < 4.78 is 33.7. The maximum absolute atomic E-state index is 13.7. The van der Waals surface area contributed by atoms with E-state index in [2.05, 4.69) is 5.32 Å². The van der Waals surface area contributed by atoms with Crippen LogP contribution in [0.1, 0.15) is 47.3 Å². The first-order chi connectivity index (χ1) is 20.7. The molecule has 0 aliphatic heterocycles. The molecule has 1 aliphatic rings. The number of hydrogen-bond acceptors (Lipinski definition) is 6. The van der Waals surface area contributed by atoms with E-state index in [1.165, 1.54) is 12.1 Å². The van der Waals surface area contributed by atoms with Crippen LogP contribution in [0, 0.1) is 5.41 Å². The number of nitrogens with zero attached hydrogens (tertiary/aromatic N) is 1. The van der Waals surface area contributed by atoms with E-state index in [4.69, 9.17) is 21.1 Å². The van der Waals surface area contributed by atoms with E-state index in [-0.39, 0.29) is 41.0 Å². The van der Waals surface area contributed by atoms with Crippen molar-refractivity contribution in [2.75, 3.05) is 0 Å². The Labute approximate surface area is 250 Å². The molecular weight excluding hydrogens is 562 g/mol. The lowest BCUT2D eigenvalue weighted by Gasteiger charge is -2.27. The average molecular weight is 596 g/mol. The van der Waals surface area contributed by atoms with E-state index < -0.39 is 10.1 Å². The van der Waals surface area contributed by atoms with Crippen LogP contribution in [0.3, 0.4) is 0 Å². The summed E-state index contributed by atoms with van der Waals surface area (Å²) >= 11 is 0. The second-order valence-corrected chi connectivity index (χ2v) is 12.6. The zero-order valence-corrected chi connectivity index (χ0v) is 24.3. The largest absolute Gasteiger partial charge is 0.384 e. The summed E-state index contributed by atoms with van der Waals surface area (Å²) in [5, 5.41) is 13.7. The molecule has 0 saturated heterocycles. The Balaban J connectivity index is 1.43. The lowest BCUT2D eigenvalue weighted by Crippen LogP contribution is -2.41. The van der Waals surface area contributed by atoms with E-state index >= 15 is 0 Å². The van der Waals surface area contributed by atoms with Gasteiger partial charge in [0.2, 0.25) is 0 Å². The molecule has 0 bridgehead atoms. The van der Waals surface area contributed by atoms with Gasteiger partial charge in [-0.05, 0) is 78.4 Å². The molecule has 0 atom stereocenters.